The molecule has 0 radical (unpaired) electrons. The average Bonchev–Trinajstić information content (AvgIpc) is 2.95. The van der Waals surface area contributed by atoms with Crippen LogP contribution in [0.4, 0.5) is 5.69 Å². The highest BCUT2D eigenvalue weighted by Gasteiger charge is 2.36. The summed E-state index contributed by atoms with van der Waals surface area (Å²) in [5, 5.41) is 7.91. The lowest BCUT2D eigenvalue weighted by Gasteiger charge is -2.16. The summed E-state index contributed by atoms with van der Waals surface area (Å²) in [6.45, 7) is 4.01. The SMILES string of the molecule is COc1ccc2c(c1)C(C=O)C(c1c(C)nn(C)c1C)N2. The Morgan fingerprint density at radius 3 is 2.71 bits per heavy atom. The lowest BCUT2D eigenvalue weighted by atomic mass is 9.90. The maximum absolute atomic E-state index is 11.7. The number of anilines is 1. The quantitative estimate of drug-likeness (QED) is 0.880. The number of aromatic nitrogens is 2. The maximum atomic E-state index is 11.7. The van der Waals surface area contributed by atoms with Gasteiger partial charge in [-0.15, -0.1) is 0 Å². The molecule has 5 heteroatoms. The van der Waals surface area contributed by atoms with Gasteiger partial charge in [0, 0.05) is 24.0 Å². The van der Waals surface area contributed by atoms with Crippen LogP contribution in [0.25, 0.3) is 0 Å². The number of ether oxygens (including phenoxy) is 1. The first-order valence-electron chi connectivity index (χ1n) is 6.96. The highest BCUT2D eigenvalue weighted by molar-refractivity contribution is 5.76. The molecule has 2 atom stereocenters. The minimum atomic E-state index is -0.225. The number of nitrogens with zero attached hydrogens (tertiary/aromatic N) is 2. The molecule has 110 valence electrons. The second kappa shape index (κ2) is 4.91. The molecule has 3 rings (SSSR count). The molecule has 0 fully saturated rings. The van der Waals surface area contributed by atoms with Gasteiger partial charge in [0.15, 0.2) is 0 Å². The molecule has 5 nitrogen and oxygen atoms in total. The summed E-state index contributed by atoms with van der Waals surface area (Å²) in [5.74, 6) is 0.541. The number of nitrogens with one attached hydrogen (secondary N) is 1. The lowest BCUT2D eigenvalue weighted by molar-refractivity contribution is -0.109. The molecular weight excluding hydrogens is 266 g/mol. The van der Waals surface area contributed by atoms with E-state index >= 15 is 0 Å². The van der Waals surface area contributed by atoms with Crippen molar-refractivity contribution < 1.29 is 9.53 Å². The Morgan fingerprint density at radius 2 is 2.14 bits per heavy atom. The van der Waals surface area contributed by atoms with Crippen molar-refractivity contribution in [3.8, 4) is 5.75 Å². The summed E-state index contributed by atoms with van der Waals surface area (Å²) < 4.78 is 7.12. The van der Waals surface area contributed by atoms with E-state index in [9.17, 15) is 4.79 Å². The molecular formula is C16H19N3O2. The van der Waals surface area contributed by atoms with Crippen LogP contribution in [0.5, 0.6) is 5.75 Å². The summed E-state index contributed by atoms with van der Waals surface area (Å²) in [6.07, 6.45) is 1.01. The molecule has 1 aromatic heterocycles. The van der Waals surface area contributed by atoms with E-state index in [1.54, 1.807) is 7.11 Å². The topological polar surface area (TPSA) is 56.1 Å². The van der Waals surface area contributed by atoms with Crippen molar-refractivity contribution in [2.75, 3.05) is 12.4 Å². The molecule has 1 aliphatic heterocycles. The van der Waals surface area contributed by atoms with Crippen LogP contribution in [0, 0.1) is 13.8 Å². The maximum Gasteiger partial charge on any atom is 0.129 e. The van der Waals surface area contributed by atoms with Crippen molar-refractivity contribution >= 4 is 12.0 Å². The Kier molecular flexibility index (Phi) is 3.20. The number of hydrogen-bond acceptors (Lipinski definition) is 4. The molecule has 1 aromatic carbocycles. The van der Waals surface area contributed by atoms with Crippen molar-refractivity contribution in [3.63, 3.8) is 0 Å². The summed E-state index contributed by atoms with van der Waals surface area (Å²) in [7, 11) is 3.56. The first-order chi connectivity index (χ1) is 10.1. The number of carbonyl (C=O) groups excluding carboxylic acids is 1. The van der Waals surface area contributed by atoms with Gasteiger partial charge in [-0.3, -0.25) is 4.68 Å². The third-order valence-electron chi connectivity index (χ3n) is 4.31. The van der Waals surface area contributed by atoms with Crippen LogP contribution in [0.2, 0.25) is 0 Å². The first-order valence-corrected chi connectivity index (χ1v) is 6.96. The molecule has 1 aliphatic rings. The molecule has 0 aliphatic carbocycles. The molecule has 0 saturated heterocycles. The average molecular weight is 285 g/mol. The van der Waals surface area contributed by atoms with E-state index in [0.29, 0.717) is 0 Å². The van der Waals surface area contributed by atoms with Gasteiger partial charge < -0.3 is 14.8 Å². The molecule has 1 N–H and O–H groups in total. The van der Waals surface area contributed by atoms with Crippen LogP contribution in [0.15, 0.2) is 18.2 Å². The van der Waals surface area contributed by atoms with Gasteiger partial charge in [-0.25, -0.2) is 0 Å². The van der Waals surface area contributed by atoms with Crippen molar-refractivity contribution in [1.82, 2.24) is 9.78 Å². The second-order valence-corrected chi connectivity index (χ2v) is 5.45. The third-order valence-corrected chi connectivity index (χ3v) is 4.31. The fourth-order valence-electron chi connectivity index (χ4n) is 3.16. The van der Waals surface area contributed by atoms with Crippen molar-refractivity contribution in [3.05, 3.63) is 40.7 Å². The van der Waals surface area contributed by atoms with Gasteiger partial charge >= 0.3 is 0 Å². The third kappa shape index (κ3) is 2.00. The minimum absolute atomic E-state index is 0.0710. The van der Waals surface area contributed by atoms with Crippen LogP contribution >= 0.6 is 0 Å². The number of hydrogen-bond donors (Lipinski definition) is 1. The van der Waals surface area contributed by atoms with Crippen LogP contribution in [0.1, 0.15) is 34.5 Å². The Bertz CT molecular complexity index is 706. The van der Waals surface area contributed by atoms with Gasteiger partial charge in [0.2, 0.25) is 0 Å². The Morgan fingerprint density at radius 1 is 1.38 bits per heavy atom. The molecule has 21 heavy (non-hydrogen) atoms. The number of methoxy groups -OCH3 is 1. The van der Waals surface area contributed by atoms with Gasteiger partial charge in [-0.1, -0.05) is 0 Å². The number of aryl methyl sites for hydroxylation is 2. The first kappa shape index (κ1) is 13.7. The Balaban J connectivity index is 2.08. The van der Waals surface area contributed by atoms with E-state index in [1.165, 1.54) is 0 Å². The smallest absolute Gasteiger partial charge is 0.129 e. The number of rotatable bonds is 3. The minimum Gasteiger partial charge on any atom is -0.497 e. The highest BCUT2D eigenvalue weighted by atomic mass is 16.5. The largest absolute Gasteiger partial charge is 0.497 e. The summed E-state index contributed by atoms with van der Waals surface area (Å²) in [4.78, 5) is 11.7. The second-order valence-electron chi connectivity index (χ2n) is 5.45. The predicted molar refractivity (Wildman–Crippen MR) is 80.8 cm³/mol. The Labute approximate surface area is 123 Å². The molecule has 2 unspecified atom stereocenters. The highest BCUT2D eigenvalue weighted by Crippen LogP contribution is 2.45. The van der Waals surface area contributed by atoms with E-state index in [-0.39, 0.29) is 12.0 Å². The van der Waals surface area contributed by atoms with E-state index < -0.39 is 0 Å². The standard InChI is InChI=1S/C16H19N3O2/c1-9-15(10(2)19(3)18-9)16-13(8-20)12-7-11(21-4)5-6-14(12)17-16/h5-8,13,16-17H,1-4H3. The zero-order valence-corrected chi connectivity index (χ0v) is 12.7. The van der Waals surface area contributed by atoms with E-state index in [1.807, 2.05) is 43.8 Å². The molecule has 2 aromatic rings. The van der Waals surface area contributed by atoms with Gasteiger partial charge in [-0.05, 0) is 37.6 Å². The van der Waals surface area contributed by atoms with Crippen LogP contribution in [-0.2, 0) is 11.8 Å². The zero-order chi connectivity index (χ0) is 15.1. The molecule has 0 saturated carbocycles. The number of benzene rings is 1. The van der Waals surface area contributed by atoms with Crippen LogP contribution < -0.4 is 10.1 Å². The number of aldehydes is 1. The monoisotopic (exact) mass is 285 g/mol. The fraction of sp³-hybridized carbons (Fsp3) is 0.375. The van der Waals surface area contributed by atoms with Crippen molar-refractivity contribution in [2.45, 2.75) is 25.8 Å². The zero-order valence-electron chi connectivity index (χ0n) is 12.7. The summed E-state index contributed by atoms with van der Waals surface area (Å²) >= 11 is 0. The molecule has 0 spiro atoms. The van der Waals surface area contributed by atoms with Gasteiger partial charge in [0.1, 0.15) is 12.0 Å². The Hall–Kier alpha value is -2.30. The number of fused-ring (bicyclic) bond motifs is 1. The van der Waals surface area contributed by atoms with Gasteiger partial charge in [0.25, 0.3) is 0 Å². The molecule has 2 heterocycles. The van der Waals surface area contributed by atoms with Crippen molar-refractivity contribution in [2.24, 2.45) is 7.05 Å². The van der Waals surface area contributed by atoms with Crippen molar-refractivity contribution in [1.29, 1.82) is 0 Å². The summed E-state index contributed by atoms with van der Waals surface area (Å²) in [5.41, 5.74) is 5.11. The van der Waals surface area contributed by atoms with Gasteiger partial charge in [0.05, 0.1) is 24.8 Å². The molecule has 0 amide bonds. The normalized spacial score (nSPS) is 20.0. The van der Waals surface area contributed by atoms with Crippen LogP contribution in [-0.4, -0.2) is 23.2 Å². The fourth-order valence-corrected chi connectivity index (χ4v) is 3.16. The summed E-state index contributed by atoms with van der Waals surface area (Å²) in [6, 6.07) is 5.73. The van der Waals surface area contributed by atoms with E-state index in [2.05, 4.69) is 10.4 Å². The lowest BCUT2D eigenvalue weighted by Crippen LogP contribution is -2.14. The number of carbonyl (C=O) groups is 1. The predicted octanol–water partition coefficient (Wildman–Crippen LogP) is 2.49. The van der Waals surface area contributed by atoms with E-state index in [0.717, 1.165) is 40.2 Å². The van der Waals surface area contributed by atoms with Crippen LogP contribution in [0.3, 0.4) is 0 Å². The molecule has 0 bridgehead atoms. The van der Waals surface area contributed by atoms with E-state index in [4.69, 9.17) is 4.74 Å². The van der Waals surface area contributed by atoms with Gasteiger partial charge in [-0.2, -0.15) is 5.10 Å².